The predicted molar refractivity (Wildman–Crippen MR) is 93.7 cm³/mol. The third-order valence-corrected chi connectivity index (χ3v) is 4.63. The normalized spacial score (nSPS) is 15.8. The molecule has 8 heteroatoms. The molecule has 1 fully saturated rings. The maximum absolute atomic E-state index is 12.8. The Hall–Kier alpha value is -2.09. The second-order valence-electron chi connectivity index (χ2n) is 5.87. The fraction of sp³-hybridized carbons (Fsp3) is 0.471. The van der Waals surface area contributed by atoms with Gasteiger partial charge in [-0.2, -0.15) is 0 Å². The number of esters is 1. The van der Waals surface area contributed by atoms with Gasteiger partial charge in [-0.3, -0.25) is 14.4 Å². The van der Waals surface area contributed by atoms with Crippen molar-refractivity contribution in [3.63, 3.8) is 0 Å². The van der Waals surface area contributed by atoms with Gasteiger partial charge in [0.15, 0.2) is 6.10 Å². The first-order chi connectivity index (χ1) is 11.8. The lowest BCUT2D eigenvalue weighted by molar-refractivity contribution is -0.154. The Morgan fingerprint density at radius 3 is 2.48 bits per heavy atom. The Morgan fingerprint density at radius 1 is 1.24 bits per heavy atom. The van der Waals surface area contributed by atoms with E-state index in [1.165, 1.54) is 31.2 Å². The van der Waals surface area contributed by atoms with Crippen LogP contribution < -0.4 is 10.6 Å². The average molecular weight is 368 g/mol. The van der Waals surface area contributed by atoms with E-state index in [-0.39, 0.29) is 29.4 Å². The molecule has 0 heterocycles. The first-order valence-electron chi connectivity index (χ1n) is 8.03. The van der Waals surface area contributed by atoms with Crippen LogP contribution in [0.25, 0.3) is 0 Å². The number of anilines is 1. The van der Waals surface area contributed by atoms with E-state index in [0.717, 1.165) is 24.6 Å². The zero-order chi connectivity index (χ0) is 18.4. The minimum atomic E-state index is -0.857. The summed E-state index contributed by atoms with van der Waals surface area (Å²) in [6, 6.07) is 5.61. The Balaban J connectivity index is 1.69. The summed E-state index contributed by atoms with van der Waals surface area (Å²) in [6.45, 7) is 3.14. The van der Waals surface area contributed by atoms with Crippen LogP contribution in [0.2, 0.25) is 0 Å². The van der Waals surface area contributed by atoms with Gasteiger partial charge in [-0.05, 0) is 51.0 Å². The number of rotatable bonds is 8. The van der Waals surface area contributed by atoms with Crippen molar-refractivity contribution < 1.29 is 23.5 Å². The van der Waals surface area contributed by atoms with Crippen molar-refractivity contribution in [1.29, 1.82) is 0 Å². The first-order valence-corrected chi connectivity index (χ1v) is 9.08. The third-order valence-electron chi connectivity index (χ3n) is 3.51. The highest BCUT2D eigenvalue weighted by Gasteiger charge is 2.28. The molecule has 0 aromatic heterocycles. The van der Waals surface area contributed by atoms with E-state index in [4.69, 9.17) is 4.74 Å². The van der Waals surface area contributed by atoms with E-state index in [0.29, 0.717) is 5.69 Å². The van der Waals surface area contributed by atoms with Crippen LogP contribution in [0.1, 0.15) is 26.7 Å². The van der Waals surface area contributed by atoms with E-state index in [2.05, 4.69) is 10.6 Å². The molecule has 0 bridgehead atoms. The fourth-order valence-corrected chi connectivity index (χ4v) is 2.53. The molecule has 1 aliphatic carbocycles. The van der Waals surface area contributed by atoms with Crippen molar-refractivity contribution in [3.8, 4) is 0 Å². The largest absolute Gasteiger partial charge is 0.452 e. The molecule has 2 rings (SSSR count). The number of hydrogen-bond donors (Lipinski definition) is 2. The van der Waals surface area contributed by atoms with Gasteiger partial charge in [-0.1, -0.05) is 0 Å². The Morgan fingerprint density at radius 2 is 1.88 bits per heavy atom. The van der Waals surface area contributed by atoms with E-state index >= 15 is 0 Å². The van der Waals surface area contributed by atoms with Crippen molar-refractivity contribution in [2.75, 3.05) is 11.1 Å². The van der Waals surface area contributed by atoms with Gasteiger partial charge in [0, 0.05) is 11.7 Å². The molecule has 1 aliphatic rings. The smallest absolute Gasteiger partial charge is 0.319 e. The van der Waals surface area contributed by atoms with Gasteiger partial charge < -0.3 is 15.4 Å². The molecule has 25 heavy (non-hydrogen) atoms. The van der Waals surface area contributed by atoms with Crippen LogP contribution in [0, 0.1) is 5.82 Å². The lowest BCUT2D eigenvalue weighted by Gasteiger charge is -2.16. The van der Waals surface area contributed by atoms with Crippen LogP contribution in [0.3, 0.4) is 0 Å². The van der Waals surface area contributed by atoms with Gasteiger partial charge in [0.05, 0.1) is 5.75 Å². The number of hydrogen-bond acceptors (Lipinski definition) is 5. The monoisotopic (exact) mass is 368 g/mol. The van der Waals surface area contributed by atoms with E-state index in [9.17, 15) is 18.8 Å². The molecule has 1 saturated carbocycles. The number of benzene rings is 1. The highest BCUT2D eigenvalue weighted by molar-refractivity contribution is 8.01. The topological polar surface area (TPSA) is 84.5 Å². The summed E-state index contributed by atoms with van der Waals surface area (Å²) in [5.74, 6) is -1.50. The number of amides is 2. The summed E-state index contributed by atoms with van der Waals surface area (Å²) >= 11 is 1.10. The number of carbonyl (C=O) groups is 3. The number of carbonyl (C=O) groups excluding carboxylic acids is 3. The van der Waals surface area contributed by atoms with Gasteiger partial charge in [0.25, 0.3) is 5.91 Å². The van der Waals surface area contributed by atoms with Crippen LogP contribution in [0.15, 0.2) is 24.3 Å². The van der Waals surface area contributed by atoms with Crippen molar-refractivity contribution in [2.24, 2.45) is 0 Å². The van der Waals surface area contributed by atoms with Crippen molar-refractivity contribution in [1.82, 2.24) is 5.32 Å². The SMILES string of the molecule is C[C@H](SCC(=O)Nc1ccc(F)cc1)C(=O)O[C@H](C)C(=O)NC1CC1. The van der Waals surface area contributed by atoms with Crippen LogP contribution in [0.5, 0.6) is 0 Å². The quantitative estimate of drug-likeness (QED) is 0.687. The Kier molecular flexibility index (Phi) is 6.81. The van der Waals surface area contributed by atoms with Gasteiger partial charge in [-0.25, -0.2) is 4.39 Å². The summed E-state index contributed by atoms with van der Waals surface area (Å²) < 4.78 is 17.9. The first kappa shape index (κ1) is 19.2. The number of thioether (sulfide) groups is 1. The summed E-state index contributed by atoms with van der Waals surface area (Å²) in [6.07, 6.45) is 1.06. The zero-order valence-corrected chi connectivity index (χ0v) is 14.9. The standard InChI is InChI=1S/C17H21FN2O4S/c1-10(16(22)20-14-7-8-14)24-17(23)11(2)25-9-15(21)19-13-5-3-12(18)4-6-13/h3-6,10-11,14H,7-9H2,1-2H3,(H,19,21)(H,20,22)/t10-,11+/m1/s1. The van der Waals surface area contributed by atoms with E-state index < -0.39 is 17.3 Å². The average Bonchev–Trinajstić information content (AvgIpc) is 3.38. The maximum Gasteiger partial charge on any atom is 0.319 e. The van der Waals surface area contributed by atoms with Crippen LogP contribution >= 0.6 is 11.8 Å². The number of nitrogens with one attached hydrogen (secondary N) is 2. The van der Waals surface area contributed by atoms with Gasteiger partial charge in [0.1, 0.15) is 11.1 Å². The highest BCUT2D eigenvalue weighted by atomic mass is 32.2. The van der Waals surface area contributed by atoms with E-state index in [1.54, 1.807) is 6.92 Å². The minimum absolute atomic E-state index is 0.0380. The van der Waals surface area contributed by atoms with Gasteiger partial charge in [0.2, 0.25) is 5.91 Å². The summed E-state index contributed by atoms with van der Waals surface area (Å²) in [4.78, 5) is 35.6. The third kappa shape index (κ3) is 6.74. The molecule has 2 atom stereocenters. The van der Waals surface area contributed by atoms with E-state index in [1.807, 2.05) is 0 Å². The Labute approximate surface area is 149 Å². The molecule has 0 aliphatic heterocycles. The van der Waals surface area contributed by atoms with Crippen LogP contribution in [-0.4, -0.2) is 40.9 Å². The van der Waals surface area contributed by atoms with Crippen molar-refractivity contribution >= 4 is 35.2 Å². The van der Waals surface area contributed by atoms with Gasteiger partial charge >= 0.3 is 5.97 Å². The Bertz CT molecular complexity index is 634. The van der Waals surface area contributed by atoms with Crippen molar-refractivity contribution in [2.45, 2.75) is 44.1 Å². The molecular formula is C17H21FN2O4S. The van der Waals surface area contributed by atoms with Crippen LogP contribution in [-0.2, 0) is 19.1 Å². The molecule has 1 aromatic rings. The molecule has 6 nitrogen and oxygen atoms in total. The lowest BCUT2D eigenvalue weighted by Crippen LogP contribution is -2.38. The molecule has 136 valence electrons. The summed E-state index contributed by atoms with van der Waals surface area (Å²) in [5, 5.41) is 4.79. The number of halogens is 1. The van der Waals surface area contributed by atoms with Crippen molar-refractivity contribution in [3.05, 3.63) is 30.1 Å². The number of ether oxygens (including phenoxy) is 1. The lowest BCUT2D eigenvalue weighted by atomic mass is 10.3. The molecular weight excluding hydrogens is 347 g/mol. The predicted octanol–water partition coefficient (Wildman–Crippen LogP) is 2.10. The second kappa shape index (κ2) is 8.84. The molecule has 0 unspecified atom stereocenters. The zero-order valence-electron chi connectivity index (χ0n) is 14.1. The molecule has 0 spiro atoms. The highest BCUT2D eigenvalue weighted by Crippen LogP contribution is 2.19. The minimum Gasteiger partial charge on any atom is -0.452 e. The molecule has 0 saturated heterocycles. The van der Waals surface area contributed by atoms with Gasteiger partial charge in [-0.15, -0.1) is 11.8 Å². The molecule has 2 amide bonds. The molecule has 2 N–H and O–H groups in total. The summed E-state index contributed by atoms with van der Waals surface area (Å²) in [7, 11) is 0. The van der Waals surface area contributed by atoms with Crippen LogP contribution in [0.4, 0.5) is 10.1 Å². The second-order valence-corrected chi connectivity index (χ2v) is 7.20. The summed E-state index contributed by atoms with van der Waals surface area (Å²) in [5.41, 5.74) is 0.479. The molecule has 0 radical (unpaired) electrons. The molecule has 1 aromatic carbocycles. The fourth-order valence-electron chi connectivity index (χ4n) is 1.87. The maximum atomic E-state index is 12.8.